The summed E-state index contributed by atoms with van der Waals surface area (Å²) >= 11 is 0. The molecule has 2 rings (SSSR count). The lowest BCUT2D eigenvalue weighted by molar-refractivity contribution is -0.0431. The average Bonchev–Trinajstić information content (AvgIpc) is 2.72. The molecule has 2 heterocycles. The van der Waals surface area contributed by atoms with Gasteiger partial charge in [0.1, 0.15) is 5.60 Å². The first-order chi connectivity index (χ1) is 9.67. The average molecular weight is 295 g/mol. The second-order valence-electron chi connectivity index (χ2n) is 6.91. The summed E-state index contributed by atoms with van der Waals surface area (Å²) in [4.78, 5) is 13.7. The van der Waals surface area contributed by atoms with Gasteiger partial charge >= 0.3 is 6.09 Å². The largest absolute Gasteiger partial charge is 0.444 e. The Morgan fingerprint density at radius 1 is 1.43 bits per heavy atom. The molecule has 6 nitrogen and oxygen atoms in total. The molecule has 1 fully saturated rings. The van der Waals surface area contributed by atoms with Gasteiger partial charge < -0.3 is 14.7 Å². The Morgan fingerprint density at radius 3 is 2.52 bits per heavy atom. The number of carbonyl (C=O) groups is 1. The fraction of sp³-hybridized carbons (Fsp3) is 0.733. The van der Waals surface area contributed by atoms with E-state index in [0.29, 0.717) is 32.5 Å². The SMILES string of the molecule is Cc1cnn(CC2(O)CCN(C(=O)OC(C)(C)C)CC2)c1. The van der Waals surface area contributed by atoms with Crippen molar-refractivity contribution in [1.82, 2.24) is 14.7 Å². The van der Waals surface area contributed by atoms with Crippen molar-refractivity contribution in [2.24, 2.45) is 0 Å². The summed E-state index contributed by atoms with van der Waals surface area (Å²) in [6, 6.07) is 0. The number of piperidine rings is 1. The van der Waals surface area contributed by atoms with E-state index in [1.165, 1.54) is 0 Å². The first-order valence-corrected chi connectivity index (χ1v) is 7.36. The minimum Gasteiger partial charge on any atom is -0.444 e. The van der Waals surface area contributed by atoms with Crippen LogP contribution in [0.25, 0.3) is 0 Å². The molecule has 118 valence electrons. The molecule has 0 aliphatic carbocycles. The summed E-state index contributed by atoms with van der Waals surface area (Å²) in [5, 5.41) is 14.8. The molecule has 1 N–H and O–H groups in total. The maximum absolute atomic E-state index is 12.0. The standard InChI is InChI=1S/C15H25N3O3/c1-12-9-16-18(10-12)11-15(20)5-7-17(8-6-15)13(19)21-14(2,3)4/h9-10,20H,5-8,11H2,1-4H3. The molecule has 1 aliphatic rings. The number of amides is 1. The number of ether oxygens (including phenoxy) is 1. The smallest absolute Gasteiger partial charge is 0.410 e. The summed E-state index contributed by atoms with van der Waals surface area (Å²) in [6.07, 6.45) is 4.45. The summed E-state index contributed by atoms with van der Waals surface area (Å²) < 4.78 is 7.12. The zero-order chi connectivity index (χ0) is 15.7. The van der Waals surface area contributed by atoms with Crippen LogP contribution < -0.4 is 0 Å². The number of likely N-dealkylation sites (tertiary alicyclic amines) is 1. The fourth-order valence-corrected chi connectivity index (χ4v) is 2.45. The third-order valence-corrected chi connectivity index (χ3v) is 3.56. The minimum atomic E-state index is -0.809. The topological polar surface area (TPSA) is 67.6 Å². The number of hydrogen-bond donors (Lipinski definition) is 1. The van der Waals surface area contributed by atoms with Gasteiger partial charge in [-0.2, -0.15) is 5.10 Å². The first kappa shape index (κ1) is 15.8. The number of nitrogens with zero attached hydrogens (tertiary/aromatic N) is 3. The lowest BCUT2D eigenvalue weighted by atomic mass is 9.91. The van der Waals surface area contributed by atoms with Gasteiger partial charge in [-0.05, 0) is 46.1 Å². The van der Waals surface area contributed by atoms with Crippen molar-refractivity contribution in [2.75, 3.05) is 13.1 Å². The normalized spacial score (nSPS) is 18.6. The predicted molar refractivity (Wildman–Crippen MR) is 79.0 cm³/mol. The van der Waals surface area contributed by atoms with E-state index >= 15 is 0 Å². The van der Waals surface area contributed by atoms with E-state index in [1.807, 2.05) is 33.9 Å². The molecular formula is C15H25N3O3. The molecule has 0 saturated carbocycles. The van der Waals surface area contributed by atoms with E-state index in [9.17, 15) is 9.90 Å². The Morgan fingerprint density at radius 2 is 2.05 bits per heavy atom. The second-order valence-corrected chi connectivity index (χ2v) is 6.91. The van der Waals surface area contributed by atoms with Crippen molar-refractivity contribution >= 4 is 6.09 Å². The van der Waals surface area contributed by atoms with Gasteiger partial charge in [-0.1, -0.05) is 0 Å². The van der Waals surface area contributed by atoms with Crippen LogP contribution in [0.15, 0.2) is 12.4 Å². The molecule has 0 atom stereocenters. The summed E-state index contributed by atoms with van der Waals surface area (Å²) in [5.41, 5.74) is -0.223. The number of carbonyl (C=O) groups excluding carboxylic acids is 1. The van der Waals surface area contributed by atoms with Crippen molar-refractivity contribution in [1.29, 1.82) is 0 Å². The quantitative estimate of drug-likeness (QED) is 0.905. The molecule has 6 heteroatoms. The molecule has 21 heavy (non-hydrogen) atoms. The molecule has 0 bridgehead atoms. The lowest BCUT2D eigenvalue weighted by Gasteiger charge is -2.38. The van der Waals surface area contributed by atoms with Crippen molar-refractivity contribution in [3.8, 4) is 0 Å². The molecule has 1 aromatic rings. The number of aryl methyl sites for hydroxylation is 1. The van der Waals surface area contributed by atoms with Crippen LogP contribution >= 0.6 is 0 Å². The van der Waals surface area contributed by atoms with Gasteiger partial charge in [0.2, 0.25) is 0 Å². The van der Waals surface area contributed by atoms with E-state index in [1.54, 1.807) is 15.8 Å². The Labute approximate surface area is 125 Å². The Bertz CT molecular complexity index is 497. The highest BCUT2D eigenvalue weighted by molar-refractivity contribution is 5.68. The Balaban J connectivity index is 1.88. The summed E-state index contributed by atoms with van der Waals surface area (Å²) in [7, 11) is 0. The number of aromatic nitrogens is 2. The number of rotatable bonds is 2. The lowest BCUT2D eigenvalue weighted by Crippen LogP contribution is -2.49. The van der Waals surface area contributed by atoms with Crippen LogP contribution in [0, 0.1) is 6.92 Å². The number of aliphatic hydroxyl groups is 1. The van der Waals surface area contributed by atoms with Gasteiger partial charge in [-0.3, -0.25) is 4.68 Å². The van der Waals surface area contributed by atoms with Crippen LogP contribution in [0.1, 0.15) is 39.2 Å². The Hall–Kier alpha value is -1.56. The first-order valence-electron chi connectivity index (χ1n) is 7.36. The van der Waals surface area contributed by atoms with E-state index in [2.05, 4.69) is 5.10 Å². The van der Waals surface area contributed by atoms with Gasteiger partial charge in [0, 0.05) is 19.3 Å². The highest BCUT2D eigenvalue weighted by Crippen LogP contribution is 2.25. The summed E-state index contributed by atoms with van der Waals surface area (Å²) in [6.45, 7) is 9.00. The van der Waals surface area contributed by atoms with Crippen LogP contribution in [0.5, 0.6) is 0 Å². The zero-order valence-electron chi connectivity index (χ0n) is 13.3. The molecule has 1 aliphatic heterocycles. The van der Waals surface area contributed by atoms with Crippen molar-refractivity contribution < 1.29 is 14.6 Å². The van der Waals surface area contributed by atoms with Crippen molar-refractivity contribution in [2.45, 2.75) is 58.3 Å². The van der Waals surface area contributed by atoms with Gasteiger partial charge in [-0.15, -0.1) is 0 Å². The van der Waals surface area contributed by atoms with Crippen molar-refractivity contribution in [3.63, 3.8) is 0 Å². The van der Waals surface area contributed by atoms with Crippen molar-refractivity contribution in [3.05, 3.63) is 18.0 Å². The third kappa shape index (κ3) is 4.46. The molecule has 1 saturated heterocycles. The zero-order valence-corrected chi connectivity index (χ0v) is 13.3. The number of hydrogen-bond acceptors (Lipinski definition) is 4. The maximum Gasteiger partial charge on any atom is 0.410 e. The van der Waals surface area contributed by atoms with Crippen LogP contribution in [0.4, 0.5) is 4.79 Å². The van der Waals surface area contributed by atoms with Gasteiger partial charge in [-0.25, -0.2) is 4.79 Å². The van der Waals surface area contributed by atoms with Gasteiger partial charge in [0.25, 0.3) is 0 Å². The maximum atomic E-state index is 12.0. The Kier molecular flexibility index (Phi) is 4.27. The van der Waals surface area contributed by atoms with Crippen LogP contribution in [0.2, 0.25) is 0 Å². The molecule has 0 radical (unpaired) electrons. The molecule has 1 amide bonds. The molecule has 0 aromatic carbocycles. The van der Waals surface area contributed by atoms with E-state index in [0.717, 1.165) is 5.56 Å². The molecule has 1 aromatic heterocycles. The minimum absolute atomic E-state index is 0.306. The van der Waals surface area contributed by atoms with Crippen LogP contribution in [-0.4, -0.2) is 50.2 Å². The molecular weight excluding hydrogens is 270 g/mol. The van der Waals surface area contributed by atoms with Gasteiger partial charge in [0.05, 0.1) is 18.3 Å². The predicted octanol–water partition coefficient (Wildman–Crippen LogP) is 1.95. The van der Waals surface area contributed by atoms with Gasteiger partial charge in [0.15, 0.2) is 0 Å². The van der Waals surface area contributed by atoms with E-state index < -0.39 is 11.2 Å². The van der Waals surface area contributed by atoms with Crippen LogP contribution in [-0.2, 0) is 11.3 Å². The third-order valence-electron chi connectivity index (χ3n) is 3.56. The molecule has 0 spiro atoms. The molecule has 0 unspecified atom stereocenters. The highest BCUT2D eigenvalue weighted by atomic mass is 16.6. The monoisotopic (exact) mass is 295 g/mol. The van der Waals surface area contributed by atoms with Crippen LogP contribution in [0.3, 0.4) is 0 Å². The highest BCUT2D eigenvalue weighted by Gasteiger charge is 2.35. The fourth-order valence-electron chi connectivity index (χ4n) is 2.45. The van der Waals surface area contributed by atoms with E-state index in [-0.39, 0.29) is 6.09 Å². The van der Waals surface area contributed by atoms with E-state index in [4.69, 9.17) is 4.74 Å². The summed E-state index contributed by atoms with van der Waals surface area (Å²) in [5.74, 6) is 0. The second kappa shape index (κ2) is 5.67.